The fraction of sp³-hybridized carbons (Fsp3) is 0.318. The van der Waals surface area contributed by atoms with E-state index in [1.807, 2.05) is 11.4 Å². The minimum atomic E-state index is -0.309. The average Bonchev–Trinajstić information content (AvgIpc) is 3.50. The van der Waals surface area contributed by atoms with Crippen molar-refractivity contribution in [3.05, 3.63) is 79.9 Å². The Labute approximate surface area is 182 Å². The summed E-state index contributed by atoms with van der Waals surface area (Å²) in [6.45, 7) is 1.37. The molecule has 0 spiro atoms. The van der Waals surface area contributed by atoms with Crippen LogP contribution < -0.4 is 5.56 Å². The van der Waals surface area contributed by atoms with Crippen LogP contribution in [0.5, 0.6) is 0 Å². The van der Waals surface area contributed by atoms with Crippen molar-refractivity contribution in [2.24, 2.45) is 0 Å². The van der Waals surface area contributed by atoms with Gasteiger partial charge in [0.05, 0.1) is 23.2 Å². The summed E-state index contributed by atoms with van der Waals surface area (Å²) in [7, 11) is 0. The Balaban J connectivity index is 1.43. The second-order valence-corrected chi connectivity index (χ2v) is 8.65. The molecule has 8 nitrogen and oxygen atoms in total. The van der Waals surface area contributed by atoms with Crippen LogP contribution in [-0.2, 0) is 13.0 Å². The van der Waals surface area contributed by atoms with Crippen LogP contribution >= 0.6 is 11.3 Å². The number of carbonyl (C=O) groups is 2. The molecule has 3 aromatic rings. The number of nitrogens with one attached hydrogen (secondary N) is 1. The van der Waals surface area contributed by atoms with Gasteiger partial charge in [-0.05, 0) is 42.8 Å². The van der Waals surface area contributed by atoms with Crippen molar-refractivity contribution in [1.82, 2.24) is 24.8 Å². The summed E-state index contributed by atoms with van der Waals surface area (Å²) in [5.74, 6) is 0.269. The van der Waals surface area contributed by atoms with Gasteiger partial charge in [-0.1, -0.05) is 12.1 Å². The van der Waals surface area contributed by atoms with Crippen LogP contribution in [0.25, 0.3) is 0 Å². The Bertz CT molecular complexity index is 1180. The van der Waals surface area contributed by atoms with Crippen LogP contribution in [0.1, 0.15) is 56.1 Å². The quantitative estimate of drug-likeness (QED) is 0.681. The van der Waals surface area contributed by atoms with E-state index in [0.29, 0.717) is 53.7 Å². The predicted molar refractivity (Wildman–Crippen MR) is 115 cm³/mol. The SMILES string of the molecule is O=C(c1cccs1)N1CCc2c(nc([C@@H]3CCCN3C(=O)c3ccccn3)[nH]c2=O)C1. The summed E-state index contributed by atoms with van der Waals surface area (Å²) in [5, 5.41) is 1.87. The summed E-state index contributed by atoms with van der Waals surface area (Å²) in [4.78, 5) is 54.4. The lowest BCUT2D eigenvalue weighted by Crippen LogP contribution is -2.40. The van der Waals surface area contributed by atoms with Crippen molar-refractivity contribution in [2.45, 2.75) is 31.8 Å². The van der Waals surface area contributed by atoms with Gasteiger partial charge in [0.2, 0.25) is 0 Å². The number of rotatable bonds is 3. The average molecular weight is 436 g/mol. The van der Waals surface area contributed by atoms with Crippen molar-refractivity contribution in [1.29, 1.82) is 0 Å². The minimum absolute atomic E-state index is 0.0443. The van der Waals surface area contributed by atoms with Gasteiger partial charge in [-0.15, -0.1) is 11.3 Å². The molecule has 1 fully saturated rings. The molecule has 0 aliphatic carbocycles. The number of hydrogen-bond acceptors (Lipinski definition) is 6. The molecule has 3 aromatic heterocycles. The molecular weight excluding hydrogens is 414 g/mol. The molecule has 9 heteroatoms. The molecule has 5 rings (SSSR count). The molecule has 1 N–H and O–H groups in total. The highest BCUT2D eigenvalue weighted by Gasteiger charge is 2.34. The number of aromatic nitrogens is 3. The van der Waals surface area contributed by atoms with Gasteiger partial charge in [0.1, 0.15) is 11.5 Å². The number of aromatic amines is 1. The van der Waals surface area contributed by atoms with E-state index in [2.05, 4.69) is 9.97 Å². The summed E-state index contributed by atoms with van der Waals surface area (Å²) in [6.07, 6.45) is 3.61. The van der Waals surface area contributed by atoms with Gasteiger partial charge in [0, 0.05) is 24.8 Å². The lowest BCUT2D eigenvalue weighted by molar-refractivity contribution is 0.0723. The number of H-pyrrole nitrogens is 1. The molecule has 0 radical (unpaired) electrons. The molecule has 158 valence electrons. The number of hydrogen-bond donors (Lipinski definition) is 1. The van der Waals surface area contributed by atoms with Crippen LogP contribution in [0.2, 0.25) is 0 Å². The fourth-order valence-corrected chi connectivity index (χ4v) is 4.97. The van der Waals surface area contributed by atoms with E-state index < -0.39 is 0 Å². The van der Waals surface area contributed by atoms with E-state index in [0.717, 1.165) is 12.8 Å². The number of amides is 2. The Morgan fingerprint density at radius 2 is 2.03 bits per heavy atom. The fourth-order valence-electron chi connectivity index (χ4n) is 4.28. The summed E-state index contributed by atoms with van der Waals surface area (Å²) >= 11 is 1.40. The molecule has 1 atom stereocenters. The zero-order valence-electron chi connectivity index (χ0n) is 16.8. The van der Waals surface area contributed by atoms with E-state index in [1.54, 1.807) is 40.3 Å². The van der Waals surface area contributed by atoms with Crippen molar-refractivity contribution in [3.63, 3.8) is 0 Å². The monoisotopic (exact) mass is 435 g/mol. The first kappa shape index (κ1) is 19.6. The lowest BCUT2D eigenvalue weighted by atomic mass is 10.1. The zero-order valence-corrected chi connectivity index (χ0v) is 17.6. The molecule has 1 saturated heterocycles. The third-order valence-electron chi connectivity index (χ3n) is 5.82. The lowest BCUT2D eigenvalue weighted by Gasteiger charge is -2.29. The number of pyridine rings is 1. The molecular formula is C22H21N5O3S. The molecule has 0 saturated carbocycles. The van der Waals surface area contributed by atoms with Gasteiger partial charge in [0.25, 0.3) is 17.4 Å². The van der Waals surface area contributed by atoms with Crippen LogP contribution in [0.15, 0.2) is 46.7 Å². The van der Waals surface area contributed by atoms with Crippen LogP contribution in [-0.4, -0.2) is 49.7 Å². The minimum Gasteiger partial charge on any atom is -0.332 e. The Kier molecular flexibility index (Phi) is 5.11. The maximum absolute atomic E-state index is 13.0. The number of carbonyl (C=O) groups excluding carboxylic acids is 2. The van der Waals surface area contributed by atoms with Gasteiger partial charge in [-0.25, -0.2) is 4.98 Å². The summed E-state index contributed by atoms with van der Waals surface area (Å²) < 4.78 is 0. The van der Waals surface area contributed by atoms with Crippen molar-refractivity contribution in [2.75, 3.05) is 13.1 Å². The smallest absolute Gasteiger partial charge is 0.273 e. The van der Waals surface area contributed by atoms with Gasteiger partial charge in [0.15, 0.2) is 0 Å². The Morgan fingerprint density at radius 3 is 2.81 bits per heavy atom. The predicted octanol–water partition coefficient (Wildman–Crippen LogP) is 2.40. The third-order valence-corrected chi connectivity index (χ3v) is 6.68. The maximum Gasteiger partial charge on any atom is 0.273 e. The number of thiophene rings is 1. The highest BCUT2D eigenvalue weighted by molar-refractivity contribution is 7.12. The highest BCUT2D eigenvalue weighted by atomic mass is 32.1. The van der Waals surface area contributed by atoms with Crippen molar-refractivity contribution in [3.8, 4) is 0 Å². The molecule has 2 amide bonds. The number of likely N-dealkylation sites (tertiary alicyclic amines) is 1. The zero-order chi connectivity index (χ0) is 21.4. The van der Waals surface area contributed by atoms with Crippen molar-refractivity contribution < 1.29 is 9.59 Å². The first-order chi connectivity index (χ1) is 15.1. The van der Waals surface area contributed by atoms with E-state index in [1.165, 1.54) is 11.3 Å². The molecule has 0 aromatic carbocycles. The molecule has 2 aliphatic heterocycles. The summed E-state index contributed by atoms with van der Waals surface area (Å²) in [6, 6.07) is 8.58. The molecule has 31 heavy (non-hydrogen) atoms. The van der Waals surface area contributed by atoms with Gasteiger partial charge >= 0.3 is 0 Å². The summed E-state index contributed by atoms with van der Waals surface area (Å²) in [5.41, 5.74) is 1.44. The molecule has 5 heterocycles. The topological polar surface area (TPSA) is 99.3 Å². The number of nitrogens with zero attached hydrogens (tertiary/aromatic N) is 4. The number of fused-ring (bicyclic) bond motifs is 1. The second kappa shape index (κ2) is 8.07. The normalized spacial score (nSPS) is 18.1. The van der Waals surface area contributed by atoms with Gasteiger partial charge < -0.3 is 14.8 Å². The molecule has 0 bridgehead atoms. The first-order valence-electron chi connectivity index (χ1n) is 10.3. The van der Waals surface area contributed by atoms with Crippen LogP contribution in [0, 0.1) is 0 Å². The van der Waals surface area contributed by atoms with E-state index >= 15 is 0 Å². The third kappa shape index (κ3) is 3.65. The second-order valence-electron chi connectivity index (χ2n) is 7.70. The van der Waals surface area contributed by atoms with Crippen LogP contribution in [0.4, 0.5) is 0 Å². The van der Waals surface area contributed by atoms with Crippen LogP contribution in [0.3, 0.4) is 0 Å². The van der Waals surface area contributed by atoms with Crippen molar-refractivity contribution >= 4 is 23.2 Å². The van der Waals surface area contributed by atoms with E-state index in [4.69, 9.17) is 4.98 Å². The Morgan fingerprint density at radius 1 is 1.13 bits per heavy atom. The van der Waals surface area contributed by atoms with E-state index in [9.17, 15) is 14.4 Å². The standard InChI is InChI=1S/C22H21N5O3S/c28-20-14-8-11-26(22(30)18-7-4-12-31-18)13-16(14)24-19(25-20)17-6-3-10-27(17)21(29)15-5-1-2-9-23-15/h1-2,4-5,7,9,12,17H,3,6,8,10-11,13H2,(H,24,25,28)/t17-/m0/s1. The molecule has 0 unspecified atom stereocenters. The van der Waals surface area contributed by atoms with Gasteiger partial charge in [-0.2, -0.15) is 0 Å². The Hall–Kier alpha value is -3.33. The molecule has 2 aliphatic rings. The highest BCUT2D eigenvalue weighted by Crippen LogP contribution is 2.31. The van der Waals surface area contributed by atoms with E-state index in [-0.39, 0.29) is 23.4 Å². The maximum atomic E-state index is 13.0. The first-order valence-corrected chi connectivity index (χ1v) is 11.2. The van der Waals surface area contributed by atoms with Gasteiger partial charge in [-0.3, -0.25) is 19.4 Å². The largest absolute Gasteiger partial charge is 0.332 e.